The molecule has 0 fully saturated rings. The van der Waals surface area contributed by atoms with E-state index in [1.807, 2.05) is 60.7 Å². The minimum absolute atomic E-state index is 0.0464. The molecule has 0 aliphatic rings. The second kappa shape index (κ2) is 15.1. The van der Waals surface area contributed by atoms with Crippen molar-refractivity contribution in [3.63, 3.8) is 0 Å². The van der Waals surface area contributed by atoms with Crippen LogP contribution in [0, 0.1) is 0 Å². The van der Waals surface area contributed by atoms with Gasteiger partial charge in [0, 0.05) is 7.05 Å². The lowest BCUT2D eigenvalue weighted by atomic mass is 10.1. The van der Waals surface area contributed by atoms with Gasteiger partial charge >= 0.3 is 11.9 Å². The Morgan fingerprint density at radius 1 is 0.854 bits per heavy atom. The van der Waals surface area contributed by atoms with Crippen molar-refractivity contribution in [3.8, 4) is 28.5 Å². The molecule has 0 bridgehead atoms. The van der Waals surface area contributed by atoms with Crippen molar-refractivity contribution >= 4 is 22.7 Å². The Labute approximate surface area is 237 Å². The van der Waals surface area contributed by atoms with Crippen molar-refractivity contribution in [3.05, 3.63) is 88.7 Å². The molecule has 0 unspecified atom stereocenters. The largest absolute Gasteiger partial charge is 0.497 e. The van der Waals surface area contributed by atoms with Crippen LogP contribution in [0.25, 0.3) is 22.0 Å². The molecule has 1 aromatic heterocycles. The van der Waals surface area contributed by atoms with E-state index in [1.165, 1.54) is 5.56 Å². The fraction of sp³-hybridized carbons (Fsp3) is 0.258. The molecule has 0 radical (unpaired) electrons. The smallest absolute Gasteiger partial charge is 0.414 e. The molecule has 0 spiro atoms. The van der Waals surface area contributed by atoms with E-state index in [4.69, 9.17) is 34.0 Å². The molecule has 1 heterocycles. The van der Waals surface area contributed by atoms with Crippen LogP contribution in [-0.4, -0.2) is 60.6 Å². The van der Waals surface area contributed by atoms with Crippen LogP contribution >= 0.6 is 0 Å². The average Bonchev–Trinajstić information content (AvgIpc) is 2.99. The van der Waals surface area contributed by atoms with E-state index in [0.717, 1.165) is 54.1 Å². The maximum atomic E-state index is 12.9. The first-order chi connectivity index (χ1) is 19.7. The summed E-state index contributed by atoms with van der Waals surface area (Å²) >= 11 is 0. The summed E-state index contributed by atoms with van der Waals surface area (Å²) in [6, 6.07) is 23.6. The van der Waals surface area contributed by atoms with Gasteiger partial charge in [-0.1, -0.05) is 24.3 Å². The van der Waals surface area contributed by atoms with Crippen molar-refractivity contribution < 1.29 is 34.0 Å². The molecule has 10 nitrogen and oxygen atoms in total. The lowest BCUT2D eigenvalue weighted by Gasteiger charge is -2.12. The van der Waals surface area contributed by atoms with Crippen molar-refractivity contribution in [2.75, 3.05) is 33.9 Å². The van der Waals surface area contributed by atoms with Crippen LogP contribution < -0.4 is 25.1 Å². The number of hydrogen-bond acceptors (Lipinski definition) is 7. The van der Waals surface area contributed by atoms with E-state index in [1.54, 1.807) is 31.9 Å². The van der Waals surface area contributed by atoms with Crippen molar-refractivity contribution in [2.24, 2.45) is 7.05 Å². The Hall–Kier alpha value is -4.83. The molecule has 0 aliphatic heterocycles. The summed E-state index contributed by atoms with van der Waals surface area (Å²) < 4.78 is 18.2. The number of fused-ring (bicyclic) bond motifs is 1. The Kier molecular flexibility index (Phi) is 11.3. The maximum Gasteiger partial charge on any atom is 0.414 e. The SMILES string of the molecule is COc1ccc2cc(-c3ccc(OCCCNCCc4ccccc4OC)cc3)n(C)c(=O)c2c1.O=C(O)C(=O)O. The Bertz CT molecular complexity index is 1520. The van der Waals surface area contributed by atoms with Gasteiger partial charge in [-0.2, -0.15) is 0 Å². The standard InChI is InChI=1S/C29H32N2O4.C2H2O4/c1-31-27(19-23-11-14-25(33-2)20-26(23)29(31)32)21-9-12-24(13-10-21)35-18-6-16-30-17-15-22-7-4-5-8-28(22)34-3;3-1(4)2(5)6/h4-5,7-14,19-20,30H,6,15-18H2,1-3H3;(H,3,4)(H,5,6). The van der Waals surface area contributed by atoms with Gasteiger partial charge in [0.05, 0.1) is 31.9 Å². The number of methoxy groups -OCH3 is 2. The van der Waals surface area contributed by atoms with E-state index >= 15 is 0 Å². The number of benzene rings is 3. The molecule has 4 rings (SSSR count). The topological polar surface area (TPSA) is 136 Å². The van der Waals surface area contributed by atoms with Gasteiger partial charge in [-0.05, 0) is 91.0 Å². The number of rotatable bonds is 11. The maximum absolute atomic E-state index is 12.9. The second-order valence-electron chi connectivity index (χ2n) is 9.00. The first-order valence-electron chi connectivity index (χ1n) is 12.9. The van der Waals surface area contributed by atoms with E-state index < -0.39 is 11.9 Å². The van der Waals surface area contributed by atoms with Crippen LogP contribution in [0.15, 0.2) is 77.6 Å². The Morgan fingerprint density at radius 2 is 1.54 bits per heavy atom. The molecule has 4 aromatic rings. The normalized spacial score (nSPS) is 10.4. The molecule has 216 valence electrons. The summed E-state index contributed by atoms with van der Waals surface area (Å²) in [7, 11) is 5.10. The highest BCUT2D eigenvalue weighted by atomic mass is 16.5. The minimum atomic E-state index is -1.82. The molecule has 0 saturated carbocycles. The first kappa shape index (κ1) is 30.7. The van der Waals surface area contributed by atoms with Crippen LogP contribution in [0.2, 0.25) is 0 Å². The highest BCUT2D eigenvalue weighted by molar-refractivity contribution is 6.27. The van der Waals surface area contributed by atoms with Crippen LogP contribution in [0.4, 0.5) is 0 Å². The zero-order chi connectivity index (χ0) is 29.8. The number of aliphatic carboxylic acids is 2. The quantitative estimate of drug-likeness (QED) is 0.183. The molecule has 0 amide bonds. The van der Waals surface area contributed by atoms with Crippen LogP contribution in [0.1, 0.15) is 12.0 Å². The zero-order valence-electron chi connectivity index (χ0n) is 23.3. The molecule has 3 N–H and O–H groups in total. The van der Waals surface area contributed by atoms with Gasteiger partial charge in [0.2, 0.25) is 0 Å². The van der Waals surface area contributed by atoms with Crippen LogP contribution in [0.5, 0.6) is 17.2 Å². The second-order valence-corrected chi connectivity index (χ2v) is 9.00. The summed E-state index contributed by atoms with van der Waals surface area (Å²) in [5.41, 5.74) is 2.99. The van der Waals surface area contributed by atoms with Crippen molar-refractivity contribution in [1.82, 2.24) is 9.88 Å². The highest BCUT2D eigenvalue weighted by Gasteiger charge is 2.10. The molecule has 0 atom stereocenters. The molecular weight excluding hydrogens is 528 g/mol. The minimum Gasteiger partial charge on any atom is -0.497 e. The van der Waals surface area contributed by atoms with E-state index in [9.17, 15) is 4.79 Å². The Morgan fingerprint density at radius 3 is 2.20 bits per heavy atom. The predicted molar refractivity (Wildman–Crippen MR) is 156 cm³/mol. The predicted octanol–water partition coefficient (Wildman–Crippen LogP) is 3.98. The number of carboxylic acids is 2. The molecule has 0 saturated heterocycles. The number of para-hydroxylation sites is 1. The summed E-state index contributed by atoms with van der Waals surface area (Å²) in [6.45, 7) is 2.42. The van der Waals surface area contributed by atoms with Gasteiger partial charge in [0.25, 0.3) is 5.56 Å². The van der Waals surface area contributed by atoms with Gasteiger partial charge < -0.3 is 34.3 Å². The Balaban J connectivity index is 0.000000696. The van der Waals surface area contributed by atoms with Crippen LogP contribution in [-0.2, 0) is 23.1 Å². The van der Waals surface area contributed by atoms with Crippen LogP contribution in [0.3, 0.4) is 0 Å². The lowest BCUT2D eigenvalue weighted by molar-refractivity contribution is -0.159. The number of nitrogens with one attached hydrogen (secondary N) is 1. The van der Waals surface area contributed by atoms with Gasteiger partial charge in [0.15, 0.2) is 0 Å². The van der Waals surface area contributed by atoms with Gasteiger partial charge in [0.1, 0.15) is 17.2 Å². The molecule has 10 heteroatoms. The number of hydrogen-bond donors (Lipinski definition) is 3. The monoisotopic (exact) mass is 562 g/mol. The highest BCUT2D eigenvalue weighted by Crippen LogP contribution is 2.26. The molecule has 41 heavy (non-hydrogen) atoms. The zero-order valence-corrected chi connectivity index (χ0v) is 23.3. The molecule has 3 aromatic carbocycles. The van der Waals surface area contributed by atoms with Gasteiger partial charge in [-0.3, -0.25) is 4.79 Å². The average molecular weight is 563 g/mol. The third kappa shape index (κ3) is 8.58. The number of pyridine rings is 1. The number of carboxylic acid groups (broad SMARTS) is 2. The molecule has 0 aliphatic carbocycles. The third-order valence-electron chi connectivity index (χ3n) is 6.31. The first-order valence-corrected chi connectivity index (χ1v) is 12.9. The fourth-order valence-corrected chi connectivity index (χ4v) is 4.15. The summed E-state index contributed by atoms with van der Waals surface area (Å²) in [6.07, 6.45) is 1.84. The molecular formula is C31H34N2O8. The summed E-state index contributed by atoms with van der Waals surface area (Å²) in [5, 5.41) is 19.8. The summed E-state index contributed by atoms with van der Waals surface area (Å²) in [5.74, 6) is -1.22. The van der Waals surface area contributed by atoms with Crippen molar-refractivity contribution in [1.29, 1.82) is 0 Å². The number of ether oxygens (including phenoxy) is 3. The number of nitrogens with zero attached hydrogens (tertiary/aromatic N) is 1. The van der Waals surface area contributed by atoms with E-state index in [0.29, 0.717) is 17.7 Å². The summed E-state index contributed by atoms with van der Waals surface area (Å²) in [4.78, 5) is 31.1. The fourth-order valence-electron chi connectivity index (χ4n) is 4.15. The van der Waals surface area contributed by atoms with Crippen molar-refractivity contribution in [2.45, 2.75) is 12.8 Å². The number of aromatic nitrogens is 1. The number of carbonyl (C=O) groups is 2. The third-order valence-corrected chi connectivity index (χ3v) is 6.31. The van der Waals surface area contributed by atoms with E-state index in [-0.39, 0.29) is 5.56 Å². The van der Waals surface area contributed by atoms with Gasteiger partial charge in [-0.25, -0.2) is 9.59 Å². The van der Waals surface area contributed by atoms with Gasteiger partial charge in [-0.15, -0.1) is 0 Å². The van der Waals surface area contributed by atoms with E-state index in [2.05, 4.69) is 11.4 Å². The lowest BCUT2D eigenvalue weighted by Crippen LogP contribution is -2.20.